The van der Waals surface area contributed by atoms with Crippen LogP contribution in [0.5, 0.6) is 11.5 Å². The lowest BCUT2D eigenvalue weighted by molar-refractivity contribution is 0.102. The molecule has 1 atom stereocenters. The molecule has 1 unspecified atom stereocenters. The number of thioether (sulfide) groups is 1. The van der Waals surface area contributed by atoms with Crippen LogP contribution in [0.3, 0.4) is 0 Å². The summed E-state index contributed by atoms with van der Waals surface area (Å²) in [6.07, 6.45) is 1.05. The lowest BCUT2D eigenvalue weighted by Gasteiger charge is -2.12. The fraction of sp³-hybridized carbons (Fsp3) is 0.471. The van der Waals surface area contributed by atoms with Crippen LogP contribution in [0.2, 0.25) is 0 Å². The predicted molar refractivity (Wildman–Crippen MR) is 102 cm³/mol. The van der Waals surface area contributed by atoms with Crippen LogP contribution in [0.25, 0.3) is 0 Å². The van der Waals surface area contributed by atoms with E-state index in [1.165, 1.54) is 11.3 Å². The number of nitrogens with one attached hydrogen (secondary N) is 1. The number of ether oxygens (including phenoxy) is 2. The minimum Gasteiger partial charge on any atom is -0.490 e. The predicted octanol–water partition coefficient (Wildman–Crippen LogP) is 4.48. The number of benzene rings is 1. The third-order valence-electron chi connectivity index (χ3n) is 3.31. The largest absolute Gasteiger partial charge is 0.490 e. The zero-order chi connectivity index (χ0) is 18.2. The van der Waals surface area contributed by atoms with Crippen molar-refractivity contribution in [1.82, 2.24) is 10.2 Å². The van der Waals surface area contributed by atoms with Gasteiger partial charge < -0.3 is 9.47 Å². The first kappa shape index (κ1) is 19.5. The Balaban J connectivity index is 2.08. The number of rotatable bonds is 9. The van der Waals surface area contributed by atoms with Gasteiger partial charge in [-0.15, -0.1) is 10.2 Å². The Labute approximate surface area is 156 Å². The zero-order valence-electron chi connectivity index (χ0n) is 14.9. The van der Waals surface area contributed by atoms with E-state index in [0.717, 1.165) is 10.8 Å². The van der Waals surface area contributed by atoms with Crippen molar-refractivity contribution in [3.8, 4) is 11.5 Å². The molecule has 2 aromatic rings. The Morgan fingerprint density at radius 2 is 1.92 bits per heavy atom. The van der Waals surface area contributed by atoms with E-state index >= 15 is 0 Å². The summed E-state index contributed by atoms with van der Waals surface area (Å²) >= 11 is 3.04. The second kappa shape index (κ2) is 9.62. The van der Waals surface area contributed by atoms with Crippen LogP contribution in [0.15, 0.2) is 22.5 Å². The van der Waals surface area contributed by atoms with Gasteiger partial charge in [-0.1, -0.05) is 36.9 Å². The number of carbonyl (C=O) groups is 1. The first-order chi connectivity index (χ1) is 12.1. The van der Waals surface area contributed by atoms with Crippen molar-refractivity contribution < 1.29 is 14.3 Å². The molecule has 1 aromatic carbocycles. The van der Waals surface area contributed by atoms with Crippen LogP contribution in [-0.2, 0) is 0 Å². The van der Waals surface area contributed by atoms with E-state index in [1.54, 1.807) is 30.0 Å². The Bertz CT molecular complexity index is 706. The SMILES string of the molecule is CCOc1ccc(C(=O)Nc2nnc(SC(C)CC)s2)cc1OCC. The average molecular weight is 382 g/mol. The second-order valence-corrected chi connectivity index (χ2v) is 7.85. The summed E-state index contributed by atoms with van der Waals surface area (Å²) < 4.78 is 11.9. The molecule has 0 saturated carbocycles. The monoisotopic (exact) mass is 381 g/mol. The lowest BCUT2D eigenvalue weighted by Crippen LogP contribution is -2.12. The van der Waals surface area contributed by atoms with E-state index in [4.69, 9.17) is 9.47 Å². The van der Waals surface area contributed by atoms with Crippen LogP contribution < -0.4 is 14.8 Å². The molecule has 6 nitrogen and oxygen atoms in total. The summed E-state index contributed by atoms with van der Waals surface area (Å²) in [6, 6.07) is 5.13. The number of hydrogen-bond donors (Lipinski definition) is 1. The summed E-state index contributed by atoms with van der Waals surface area (Å²) in [4.78, 5) is 12.5. The molecule has 1 N–H and O–H groups in total. The summed E-state index contributed by atoms with van der Waals surface area (Å²) in [6.45, 7) is 9.09. The Hall–Kier alpha value is -1.80. The fourth-order valence-electron chi connectivity index (χ4n) is 1.92. The van der Waals surface area contributed by atoms with Crippen LogP contribution in [-0.4, -0.2) is 34.6 Å². The van der Waals surface area contributed by atoms with Gasteiger partial charge in [0, 0.05) is 10.8 Å². The van der Waals surface area contributed by atoms with Crippen molar-refractivity contribution in [2.75, 3.05) is 18.5 Å². The molecule has 0 fully saturated rings. The van der Waals surface area contributed by atoms with Gasteiger partial charge in [0.15, 0.2) is 15.8 Å². The van der Waals surface area contributed by atoms with Crippen molar-refractivity contribution in [3.63, 3.8) is 0 Å². The highest BCUT2D eigenvalue weighted by molar-refractivity contribution is 8.01. The molecule has 136 valence electrons. The van der Waals surface area contributed by atoms with Crippen LogP contribution in [0.1, 0.15) is 44.5 Å². The number of nitrogens with zero attached hydrogens (tertiary/aromatic N) is 2. The van der Waals surface area contributed by atoms with Crippen molar-refractivity contribution in [2.45, 2.75) is 43.7 Å². The number of carbonyl (C=O) groups excluding carboxylic acids is 1. The minimum absolute atomic E-state index is 0.250. The first-order valence-corrected chi connectivity index (χ1v) is 9.98. The third-order valence-corrected chi connectivity index (χ3v) is 5.50. The maximum Gasteiger partial charge on any atom is 0.257 e. The lowest BCUT2D eigenvalue weighted by atomic mass is 10.2. The van der Waals surface area contributed by atoms with Gasteiger partial charge in [0.05, 0.1) is 13.2 Å². The van der Waals surface area contributed by atoms with Crippen molar-refractivity contribution in [1.29, 1.82) is 0 Å². The topological polar surface area (TPSA) is 73.3 Å². The maximum atomic E-state index is 12.5. The molecule has 0 radical (unpaired) electrons. The molecule has 8 heteroatoms. The number of anilines is 1. The standard InChI is InChI=1S/C17H23N3O3S2/c1-5-11(4)24-17-20-19-16(25-17)18-15(21)12-8-9-13(22-6-2)14(10-12)23-7-3/h8-11H,5-7H2,1-4H3,(H,18,19,21). The average Bonchev–Trinajstić information content (AvgIpc) is 3.03. The summed E-state index contributed by atoms with van der Waals surface area (Å²) in [5, 5.41) is 11.9. The van der Waals surface area contributed by atoms with Gasteiger partial charge in [-0.2, -0.15) is 0 Å². The normalized spacial score (nSPS) is 11.8. The second-order valence-electron chi connectivity index (χ2n) is 5.19. The van der Waals surface area contributed by atoms with Crippen molar-refractivity contribution in [2.24, 2.45) is 0 Å². The zero-order valence-corrected chi connectivity index (χ0v) is 16.5. The molecule has 1 aromatic heterocycles. The van der Waals surface area contributed by atoms with E-state index in [0.29, 0.717) is 40.7 Å². The van der Waals surface area contributed by atoms with Crippen molar-refractivity contribution in [3.05, 3.63) is 23.8 Å². The Kier molecular flexibility index (Phi) is 7.52. The molecule has 1 amide bonds. The molecular weight excluding hydrogens is 358 g/mol. The maximum absolute atomic E-state index is 12.5. The third kappa shape index (κ3) is 5.61. The van der Waals surface area contributed by atoms with Gasteiger partial charge in [-0.3, -0.25) is 10.1 Å². The molecule has 1 heterocycles. The highest BCUT2D eigenvalue weighted by Gasteiger charge is 2.14. The fourth-order valence-corrected chi connectivity index (χ4v) is 3.92. The Morgan fingerprint density at radius 3 is 2.60 bits per heavy atom. The van der Waals surface area contributed by atoms with E-state index in [1.807, 2.05) is 13.8 Å². The van der Waals surface area contributed by atoms with Gasteiger partial charge >= 0.3 is 0 Å². The van der Waals surface area contributed by atoms with E-state index in [-0.39, 0.29) is 5.91 Å². The molecular formula is C17H23N3O3S2. The minimum atomic E-state index is -0.250. The van der Waals surface area contributed by atoms with Crippen molar-refractivity contribution >= 4 is 34.1 Å². The molecule has 0 aliphatic carbocycles. The van der Waals surface area contributed by atoms with Gasteiger partial charge in [-0.05, 0) is 38.5 Å². The van der Waals surface area contributed by atoms with Crippen LogP contribution in [0, 0.1) is 0 Å². The van der Waals surface area contributed by atoms with Crippen LogP contribution in [0.4, 0.5) is 5.13 Å². The van der Waals surface area contributed by atoms with Gasteiger partial charge in [0.2, 0.25) is 5.13 Å². The van der Waals surface area contributed by atoms with E-state index < -0.39 is 0 Å². The highest BCUT2D eigenvalue weighted by atomic mass is 32.2. The quantitative estimate of drug-likeness (QED) is 0.510. The smallest absolute Gasteiger partial charge is 0.257 e. The molecule has 0 aliphatic heterocycles. The van der Waals surface area contributed by atoms with Crippen LogP contribution >= 0.6 is 23.1 Å². The Morgan fingerprint density at radius 1 is 1.20 bits per heavy atom. The summed E-state index contributed by atoms with van der Waals surface area (Å²) in [5.74, 6) is 0.937. The van der Waals surface area contributed by atoms with E-state index in [2.05, 4.69) is 29.4 Å². The van der Waals surface area contributed by atoms with E-state index in [9.17, 15) is 4.79 Å². The van der Waals surface area contributed by atoms with Gasteiger partial charge in [0.1, 0.15) is 0 Å². The molecule has 2 rings (SSSR count). The summed E-state index contributed by atoms with van der Waals surface area (Å²) in [5.41, 5.74) is 0.484. The molecule has 0 saturated heterocycles. The molecule has 0 spiro atoms. The molecule has 0 bridgehead atoms. The number of aromatic nitrogens is 2. The van der Waals surface area contributed by atoms with Gasteiger partial charge in [-0.25, -0.2) is 0 Å². The first-order valence-electron chi connectivity index (χ1n) is 8.28. The molecule has 0 aliphatic rings. The highest BCUT2D eigenvalue weighted by Crippen LogP contribution is 2.31. The van der Waals surface area contributed by atoms with Gasteiger partial charge in [0.25, 0.3) is 5.91 Å². The summed E-state index contributed by atoms with van der Waals surface area (Å²) in [7, 11) is 0. The number of amides is 1. The molecule has 25 heavy (non-hydrogen) atoms. The number of hydrogen-bond acceptors (Lipinski definition) is 7.